The molecule has 0 aromatic carbocycles. The highest BCUT2D eigenvalue weighted by Crippen LogP contribution is 2.23. The Bertz CT molecular complexity index is 423. The average molecular weight is 283 g/mol. The third kappa shape index (κ3) is 3.64. The average Bonchev–Trinajstić information content (AvgIpc) is 2.49. The lowest BCUT2D eigenvalue weighted by molar-refractivity contribution is 0.0292. The zero-order valence-corrected chi connectivity index (χ0v) is 11.9. The van der Waals surface area contributed by atoms with Crippen LogP contribution in [-0.2, 0) is 11.2 Å². The second-order valence-corrected chi connectivity index (χ2v) is 4.95. The molecule has 0 bridgehead atoms. The molecule has 1 aromatic heterocycles. The molecule has 1 N–H and O–H groups in total. The number of hydrogen-bond donors (Lipinski definition) is 1. The van der Waals surface area contributed by atoms with Gasteiger partial charge in [-0.3, -0.25) is 0 Å². The lowest BCUT2D eigenvalue weighted by Gasteiger charge is -2.32. The second kappa shape index (κ2) is 7.50. The molecule has 20 heavy (non-hydrogen) atoms. The van der Waals surface area contributed by atoms with Gasteiger partial charge in [0.1, 0.15) is 6.33 Å². The summed E-state index contributed by atoms with van der Waals surface area (Å²) in [6.07, 6.45) is 4.59. The Balaban J connectivity index is 1.90. The molecule has 0 atom stereocenters. The van der Waals surface area contributed by atoms with Crippen molar-refractivity contribution in [1.29, 1.82) is 0 Å². The van der Waals surface area contributed by atoms with Crippen molar-refractivity contribution in [3.8, 4) is 0 Å². The minimum atomic E-state index is -0.297. The van der Waals surface area contributed by atoms with Gasteiger partial charge in [-0.2, -0.15) is 0 Å². The molecular formula is C14H22FN3O2. The van der Waals surface area contributed by atoms with Crippen molar-refractivity contribution in [2.24, 2.45) is 0 Å². The van der Waals surface area contributed by atoms with Gasteiger partial charge in [0, 0.05) is 26.3 Å². The van der Waals surface area contributed by atoms with Crippen molar-refractivity contribution in [3.63, 3.8) is 0 Å². The smallest absolute Gasteiger partial charge is 0.187 e. The molecule has 2 heterocycles. The summed E-state index contributed by atoms with van der Waals surface area (Å²) in [7, 11) is 0. The van der Waals surface area contributed by atoms with Crippen LogP contribution in [0.3, 0.4) is 0 Å². The zero-order valence-electron chi connectivity index (χ0n) is 11.9. The first-order valence-corrected chi connectivity index (χ1v) is 7.23. The van der Waals surface area contributed by atoms with Crippen LogP contribution in [0.15, 0.2) is 6.33 Å². The number of aryl methyl sites for hydroxylation is 1. The summed E-state index contributed by atoms with van der Waals surface area (Å²) in [6.45, 7) is 4.10. The normalized spacial score (nSPS) is 16.6. The monoisotopic (exact) mass is 283 g/mol. The number of halogens is 1. The molecule has 2 rings (SSSR count). The summed E-state index contributed by atoms with van der Waals surface area (Å²) in [5.41, 5.74) is 0.469. The molecule has 1 aliphatic heterocycles. The van der Waals surface area contributed by atoms with Gasteiger partial charge in [-0.25, -0.2) is 14.4 Å². The summed E-state index contributed by atoms with van der Waals surface area (Å²) < 4.78 is 19.8. The van der Waals surface area contributed by atoms with Crippen molar-refractivity contribution in [2.45, 2.75) is 38.7 Å². The number of aliphatic hydroxyl groups is 1. The van der Waals surface area contributed by atoms with Crippen LogP contribution in [0.2, 0.25) is 0 Å². The Morgan fingerprint density at radius 1 is 1.40 bits per heavy atom. The van der Waals surface area contributed by atoms with E-state index in [1.165, 1.54) is 6.33 Å². The topological polar surface area (TPSA) is 58.5 Å². The van der Waals surface area contributed by atoms with Crippen LogP contribution in [0.25, 0.3) is 0 Å². The highest BCUT2D eigenvalue weighted by molar-refractivity contribution is 5.41. The summed E-state index contributed by atoms with van der Waals surface area (Å²) in [4.78, 5) is 9.99. The number of rotatable bonds is 6. The first-order chi connectivity index (χ1) is 9.76. The van der Waals surface area contributed by atoms with E-state index in [1.807, 2.05) is 11.8 Å². The van der Waals surface area contributed by atoms with Gasteiger partial charge >= 0.3 is 0 Å². The van der Waals surface area contributed by atoms with Crippen molar-refractivity contribution in [1.82, 2.24) is 9.97 Å². The fourth-order valence-electron chi connectivity index (χ4n) is 2.41. The lowest BCUT2D eigenvalue weighted by atomic mass is 10.1. The maximum absolute atomic E-state index is 14.2. The highest BCUT2D eigenvalue weighted by Gasteiger charge is 2.23. The molecule has 1 aliphatic rings. The summed E-state index contributed by atoms with van der Waals surface area (Å²) >= 11 is 0. The number of ether oxygens (including phenoxy) is 1. The van der Waals surface area contributed by atoms with Gasteiger partial charge in [-0.1, -0.05) is 6.92 Å². The van der Waals surface area contributed by atoms with Gasteiger partial charge in [0.2, 0.25) is 0 Å². The van der Waals surface area contributed by atoms with Gasteiger partial charge < -0.3 is 14.7 Å². The Labute approximate surface area is 118 Å². The molecule has 0 spiro atoms. The van der Waals surface area contributed by atoms with E-state index in [1.54, 1.807) is 0 Å². The number of aliphatic hydroxyl groups excluding tert-OH is 1. The van der Waals surface area contributed by atoms with Gasteiger partial charge in [0.25, 0.3) is 0 Å². The number of piperidine rings is 1. The van der Waals surface area contributed by atoms with Crippen LogP contribution in [0.1, 0.15) is 31.9 Å². The van der Waals surface area contributed by atoms with E-state index >= 15 is 0 Å². The van der Waals surface area contributed by atoms with E-state index in [2.05, 4.69) is 9.97 Å². The van der Waals surface area contributed by atoms with Crippen molar-refractivity contribution < 1.29 is 14.2 Å². The molecule has 0 unspecified atom stereocenters. The van der Waals surface area contributed by atoms with E-state index in [-0.39, 0.29) is 18.5 Å². The van der Waals surface area contributed by atoms with Crippen LogP contribution in [0, 0.1) is 5.82 Å². The van der Waals surface area contributed by atoms with Crippen LogP contribution >= 0.6 is 0 Å². The first kappa shape index (κ1) is 15.1. The maximum atomic E-state index is 14.2. The summed E-state index contributed by atoms with van der Waals surface area (Å²) in [5.74, 6) is 0.111. The van der Waals surface area contributed by atoms with Crippen molar-refractivity contribution >= 4 is 5.82 Å². The Morgan fingerprint density at radius 3 is 2.80 bits per heavy atom. The molecule has 0 saturated carbocycles. The van der Waals surface area contributed by atoms with E-state index in [0.29, 0.717) is 31.0 Å². The molecule has 1 saturated heterocycles. The SMILES string of the molecule is CCc1ncnc(N2CCC(OCCCO)CC2)c1F. The van der Waals surface area contributed by atoms with Gasteiger partial charge in [0.15, 0.2) is 11.6 Å². The van der Waals surface area contributed by atoms with Crippen molar-refractivity contribution in [3.05, 3.63) is 17.8 Å². The minimum absolute atomic E-state index is 0.158. The molecule has 1 aromatic rings. The number of anilines is 1. The Morgan fingerprint density at radius 2 is 2.15 bits per heavy atom. The second-order valence-electron chi connectivity index (χ2n) is 4.95. The molecule has 0 aliphatic carbocycles. The van der Waals surface area contributed by atoms with Gasteiger partial charge in [-0.05, 0) is 25.7 Å². The Hall–Kier alpha value is -1.27. The van der Waals surface area contributed by atoms with Gasteiger partial charge in [0.05, 0.1) is 11.8 Å². The summed E-state index contributed by atoms with van der Waals surface area (Å²) in [5, 5.41) is 8.72. The van der Waals surface area contributed by atoms with E-state index in [9.17, 15) is 4.39 Å². The molecule has 6 heteroatoms. The van der Waals surface area contributed by atoms with Crippen LogP contribution in [-0.4, -0.2) is 47.5 Å². The molecule has 0 radical (unpaired) electrons. The van der Waals surface area contributed by atoms with Crippen LogP contribution in [0.5, 0.6) is 0 Å². The Kier molecular flexibility index (Phi) is 5.67. The molecule has 5 nitrogen and oxygen atoms in total. The quantitative estimate of drug-likeness (QED) is 0.803. The van der Waals surface area contributed by atoms with Gasteiger partial charge in [-0.15, -0.1) is 0 Å². The molecule has 0 amide bonds. The first-order valence-electron chi connectivity index (χ1n) is 7.23. The third-order valence-electron chi connectivity index (χ3n) is 3.58. The predicted octanol–water partition coefficient (Wildman–Crippen LogP) is 1.55. The third-order valence-corrected chi connectivity index (χ3v) is 3.58. The lowest BCUT2D eigenvalue weighted by Crippen LogP contribution is -2.38. The van der Waals surface area contributed by atoms with Crippen LogP contribution in [0.4, 0.5) is 10.2 Å². The molecular weight excluding hydrogens is 261 g/mol. The molecule has 112 valence electrons. The van der Waals surface area contributed by atoms with E-state index in [0.717, 1.165) is 25.9 Å². The van der Waals surface area contributed by atoms with E-state index in [4.69, 9.17) is 9.84 Å². The zero-order chi connectivity index (χ0) is 14.4. The fraction of sp³-hybridized carbons (Fsp3) is 0.714. The maximum Gasteiger partial charge on any atom is 0.187 e. The largest absolute Gasteiger partial charge is 0.396 e. The highest BCUT2D eigenvalue weighted by atomic mass is 19.1. The number of nitrogens with zero attached hydrogens (tertiary/aromatic N) is 3. The predicted molar refractivity (Wildman–Crippen MR) is 74.3 cm³/mol. The number of aromatic nitrogens is 2. The van der Waals surface area contributed by atoms with Crippen molar-refractivity contribution in [2.75, 3.05) is 31.2 Å². The van der Waals surface area contributed by atoms with Crippen LogP contribution < -0.4 is 4.90 Å². The standard InChI is InChI=1S/C14H22FN3O2/c1-2-12-13(15)14(17-10-16-12)18-6-4-11(5-7-18)20-9-3-8-19/h10-11,19H,2-9H2,1H3. The fourth-order valence-corrected chi connectivity index (χ4v) is 2.41. The molecule has 1 fully saturated rings. The summed E-state index contributed by atoms with van der Waals surface area (Å²) in [6, 6.07) is 0. The van der Waals surface area contributed by atoms with E-state index < -0.39 is 0 Å². The number of hydrogen-bond acceptors (Lipinski definition) is 5. The minimum Gasteiger partial charge on any atom is -0.396 e.